The van der Waals surface area contributed by atoms with E-state index in [2.05, 4.69) is 4.98 Å². The average Bonchev–Trinajstić information content (AvgIpc) is 3.17. The fourth-order valence-electron chi connectivity index (χ4n) is 4.31. The lowest BCUT2D eigenvalue weighted by atomic mass is 9.76. The van der Waals surface area contributed by atoms with Gasteiger partial charge in [0.2, 0.25) is 0 Å². The molecule has 1 aliphatic rings. The Balaban J connectivity index is 1.56. The van der Waals surface area contributed by atoms with E-state index < -0.39 is 11.4 Å². The highest BCUT2D eigenvalue weighted by Crippen LogP contribution is 2.41. The maximum absolute atomic E-state index is 13.2. The van der Waals surface area contributed by atoms with Crippen LogP contribution in [-0.4, -0.2) is 26.4 Å². The molecule has 1 aromatic heterocycles. The minimum Gasteiger partial charge on any atom is -0.481 e. The van der Waals surface area contributed by atoms with Crippen molar-refractivity contribution >= 4 is 22.8 Å². The number of carbonyl (C=O) groups is 2. The van der Waals surface area contributed by atoms with Gasteiger partial charge in [0.05, 0.1) is 17.5 Å². The summed E-state index contributed by atoms with van der Waals surface area (Å²) in [5.74, 6) is -0.0439. The molecule has 5 heteroatoms. The molecule has 138 valence electrons. The van der Waals surface area contributed by atoms with Gasteiger partial charge in [0.1, 0.15) is 11.6 Å². The Labute approximate surface area is 157 Å². The molecule has 1 aliphatic carbocycles. The second-order valence-corrected chi connectivity index (χ2v) is 7.47. The Morgan fingerprint density at radius 3 is 2.33 bits per heavy atom. The number of hydrogen-bond donors (Lipinski definition) is 1. The molecule has 0 spiro atoms. The van der Waals surface area contributed by atoms with Crippen molar-refractivity contribution in [2.24, 2.45) is 12.5 Å². The van der Waals surface area contributed by atoms with Gasteiger partial charge < -0.3 is 9.67 Å². The molecule has 0 saturated heterocycles. The summed E-state index contributed by atoms with van der Waals surface area (Å²) in [7, 11) is 1.95. The Bertz CT molecular complexity index is 1010. The van der Waals surface area contributed by atoms with Gasteiger partial charge in [-0.25, -0.2) is 4.98 Å². The fourth-order valence-corrected chi connectivity index (χ4v) is 4.31. The molecule has 0 saturated carbocycles. The SMILES string of the molecule is Cn1c(CCC(=O)C2(CC(=O)O)Cc3ccccc3C2)nc2ccccc21. The van der Waals surface area contributed by atoms with Crippen LogP contribution in [0.5, 0.6) is 0 Å². The molecular formula is C22H22N2O3. The van der Waals surface area contributed by atoms with Crippen molar-refractivity contribution in [3.8, 4) is 0 Å². The van der Waals surface area contributed by atoms with Gasteiger partial charge in [0, 0.05) is 25.3 Å². The number of rotatable bonds is 6. The molecule has 0 radical (unpaired) electrons. The molecule has 1 N–H and O–H groups in total. The van der Waals surface area contributed by atoms with Crippen LogP contribution in [-0.2, 0) is 35.9 Å². The Kier molecular flexibility index (Phi) is 4.30. The number of Topliss-reactive ketones (excluding diaryl/α,β-unsaturated/α-hetero) is 1. The smallest absolute Gasteiger partial charge is 0.304 e. The van der Waals surface area contributed by atoms with Gasteiger partial charge in [-0.1, -0.05) is 36.4 Å². The van der Waals surface area contributed by atoms with Crippen molar-refractivity contribution in [1.82, 2.24) is 9.55 Å². The van der Waals surface area contributed by atoms with E-state index in [1.165, 1.54) is 0 Å². The number of para-hydroxylation sites is 2. The van der Waals surface area contributed by atoms with Gasteiger partial charge in [-0.15, -0.1) is 0 Å². The first-order chi connectivity index (χ1) is 13.0. The molecule has 1 heterocycles. The van der Waals surface area contributed by atoms with Crippen LogP contribution in [0, 0.1) is 5.41 Å². The monoisotopic (exact) mass is 362 g/mol. The molecule has 3 aromatic rings. The molecule has 0 aliphatic heterocycles. The molecular weight excluding hydrogens is 340 g/mol. The van der Waals surface area contributed by atoms with E-state index in [1.807, 2.05) is 60.1 Å². The average molecular weight is 362 g/mol. The Morgan fingerprint density at radius 2 is 1.70 bits per heavy atom. The number of carbonyl (C=O) groups excluding carboxylic acids is 1. The van der Waals surface area contributed by atoms with Crippen molar-refractivity contribution in [3.05, 3.63) is 65.5 Å². The van der Waals surface area contributed by atoms with Crippen molar-refractivity contribution in [1.29, 1.82) is 0 Å². The maximum atomic E-state index is 13.2. The van der Waals surface area contributed by atoms with Crippen LogP contribution < -0.4 is 0 Å². The number of imidazole rings is 1. The maximum Gasteiger partial charge on any atom is 0.304 e. The van der Waals surface area contributed by atoms with E-state index >= 15 is 0 Å². The highest BCUT2D eigenvalue weighted by atomic mass is 16.4. The number of benzene rings is 2. The van der Waals surface area contributed by atoms with Crippen LogP contribution in [0.4, 0.5) is 0 Å². The van der Waals surface area contributed by atoms with E-state index in [1.54, 1.807) is 0 Å². The molecule has 2 aromatic carbocycles. The zero-order valence-electron chi connectivity index (χ0n) is 15.3. The first-order valence-corrected chi connectivity index (χ1v) is 9.21. The third kappa shape index (κ3) is 3.14. The second-order valence-electron chi connectivity index (χ2n) is 7.47. The third-order valence-electron chi connectivity index (χ3n) is 5.71. The second kappa shape index (κ2) is 6.65. The predicted octanol–water partition coefficient (Wildman–Crippen LogP) is 3.33. The van der Waals surface area contributed by atoms with Gasteiger partial charge in [0.15, 0.2) is 0 Å². The van der Waals surface area contributed by atoms with E-state index in [-0.39, 0.29) is 12.2 Å². The van der Waals surface area contributed by atoms with Crippen molar-refractivity contribution in [2.45, 2.75) is 32.1 Å². The number of fused-ring (bicyclic) bond motifs is 2. The number of aryl methyl sites for hydroxylation is 2. The van der Waals surface area contributed by atoms with Crippen molar-refractivity contribution in [2.75, 3.05) is 0 Å². The highest BCUT2D eigenvalue weighted by Gasteiger charge is 2.44. The van der Waals surface area contributed by atoms with Crippen molar-refractivity contribution in [3.63, 3.8) is 0 Å². The molecule has 5 nitrogen and oxygen atoms in total. The quantitative estimate of drug-likeness (QED) is 0.730. The van der Waals surface area contributed by atoms with Gasteiger partial charge in [-0.05, 0) is 36.1 Å². The molecule has 0 amide bonds. The molecule has 27 heavy (non-hydrogen) atoms. The van der Waals surface area contributed by atoms with E-state index in [0.717, 1.165) is 28.0 Å². The molecule has 0 atom stereocenters. The fraction of sp³-hybridized carbons (Fsp3) is 0.318. The van der Waals surface area contributed by atoms with E-state index in [0.29, 0.717) is 25.7 Å². The number of carboxylic acid groups (broad SMARTS) is 1. The van der Waals surface area contributed by atoms with Crippen LogP contribution in [0.2, 0.25) is 0 Å². The summed E-state index contributed by atoms with van der Waals surface area (Å²) in [6, 6.07) is 15.8. The van der Waals surface area contributed by atoms with Crippen LogP contribution in [0.3, 0.4) is 0 Å². The minimum atomic E-state index is -0.918. The van der Waals surface area contributed by atoms with Gasteiger partial charge in [0.25, 0.3) is 0 Å². The van der Waals surface area contributed by atoms with E-state index in [4.69, 9.17) is 0 Å². The number of aliphatic carboxylic acids is 1. The number of aromatic nitrogens is 2. The largest absolute Gasteiger partial charge is 0.481 e. The zero-order chi connectivity index (χ0) is 19.0. The number of ketones is 1. The van der Waals surface area contributed by atoms with Crippen LogP contribution >= 0.6 is 0 Å². The summed E-state index contributed by atoms with van der Waals surface area (Å²) >= 11 is 0. The summed E-state index contributed by atoms with van der Waals surface area (Å²) in [6.45, 7) is 0. The predicted molar refractivity (Wildman–Crippen MR) is 103 cm³/mol. The highest BCUT2D eigenvalue weighted by molar-refractivity contribution is 5.90. The standard InChI is InChI=1S/C22H22N2O3/c1-24-18-9-5-4-8-17(18)23-20(24)11-10-19(25)22(14-21(26)27)12-15-6-2-3-7-16(15)13-22/h2-9H,10-14H2,1H3,(H,26,27). The summed E-state index contributed by atoms with van der Waals surface area (Å²) in [5, 5.41) is 9.42. The number of carboxylic acids is 1. The van der Waals surface area contributed by atoms with Crippen LogP contribution in [0.25, 0.3) is 11.0 Å². The lowest BCUT2D eigenvalue weighted by molar-refractivity contribution is -0.144. The first kappa shape index (κ1) is 17.5. The van der Waals surface area contributed by atoms with Gasteiger partial charge in [-0.2, -0.15) is 0 Å². The minimum absolute atomic E-state index is 0.0214. The molecule has 4 rings (SSSR count). The lowest BCUT2D eigenvalue weighted by Gasteiger charge is -2.25. The van der Waals surface area contributed by atoms with Crippen molar-refractivity contribution < 1.29 is 14.7 Å². The summed E-state index contributed by atoms with van der Waals surface area (Å²) in [4.78, 5) is 29.3. The summed E-state index contributed by atoms with van der Waals surface area (Å²) in [5.41, 5.74) is 3.30. The summed E-state index contributed by atoms with van der Waals surface area (Å²) < 4.78 is 2.01. The van der Waals surface area contributed by atoms with Crippen LogP contribution in [0.1, 0.15) is 29.8 Å². The number of nitrogens with zero attached hydrogens (tertiary/aromatic N) is 2. The normalized spacial score (nSPS) is 15.0. The van der Waals surface area contributed by atoms with Crippen LogP contribution in [0.15, 0.2) is 48.5 Å². The first-order valence-electron chi connectivity index (χ1n) is 9.21. The Hall–Kier alpha value is -2.95. The van der Waals surface area contributed by atoms with E-state index in [9.17, 15) is 14.7 Å². The third-order valence-corrected chi connectivity index (χ3v) is 5.71. The number of hydrogen-bond acceptors (Lipinski definition) is 3. The zero-order valence-corrected chi connectivity index (χ0v) is 15.3. The molecule has 0 bridgehead atoms. The molecule has 0 unspecified atom stereocenters. The van der Waals surface area contributed by atoms with Gasteiger partial charge in [-0.3, -0.25) is 9.59 Å². The molecule has 0 fully saturated rings. The lowest BCUT2D eigenvalue weighted by Crippen LogP contribution is -2.35. The topological polar surface area (TPSA) is 72.2 Å². The Morgan fingerprint density at radius 1 is 1.07 bits per heavy atom. The summed E-state index contributed by atoms with van der Waals surface area (Å²) in [6.07, 6.45) is 1.72. The van der Waals surface area contributed by atoms with Gasteiger partial charge >= 0.3 is 5.97 Å².